The van der Waals surface area contributed by atoms with Crippen LogP contribution in [0.3, 0.4) is 0 Å². The van der Waals surface area contributed by atoms with Crippen molar-refractivity contribution in [3.8, 4) is 0 Å². The van der Waals surface area contributed by atoms with E-state index in [1.54, 1.807) is 19.3 Å². The number of likely N-dealkylation sites (tertiary alicyclic amines) is 1. The number of piperazine rings is 1. The van der Waals surface area contributed by atoms with E-state index in [1.165, 1.54) is 0 Å². The van der Waals surface area contributed by atoms with Crippen molar-refractivity contribution in [2.45, 2.75) is 25.8 Å². The molecule has 160 valence electrons. The van der Waals surface area contributed by atoms with Gasteiger partial charge >= 0.3 is 0 Å². The zero-order valence-corrected chi connectivity index (χ0v) is 17.6. The highest BCUT2D eigenvalue weighted by Gasteiger charge is 2.34. The number of hydrogen-bond acceptors (Lipinski definition) is 5. The predicted octanol–water partition coefficient (Wildman–Crippen LogP) is 2.38. The molecule has 0 aliphatic carbocycles. The van der Waals surface area contributed by atoms with Crippen molar-refractivity contribution in [1.82, 2.24) is 24.2 Å². The minimum atomic E-state index is -0.0857. The lowest BCUT2D eigenvalue weighted by atomic mass is 10.2. The molecule has 0 radical (unpaired) electrons. The minimum Gasteiger partial charge on any atom is -0.368 e. The summed E-state index contributed by atoms with van der Waals surface area (Å²) in [4.78, 5) is 40.5. The Balaban J connectivity index is 1.40. The Morgan fingerprint density at radius 1 is 1.00 bits per heavy atom. The second-order valence-electron chi connectivity index (χ2n) is 8.13. The Morgan fingerprint density at radius 3 is 2.52 bits per heavy atom. The van der Waals surface area contributed by atoms with Crippen LogP contribution in [0.1, 0.15) is 42.1 Å². The number of aromatic nitrogens is 3. The standard InChI is InChI=1S/C23H26N6O2/c1-17(30)28-12-4-6-20(28)22-25-21(19-5-2-3-11-29(19)22)23(31)27-15-13-26(14-16-27)18-7-9-24-10-8-18/h2-3,5,7-11,20H,4,6,12-16H2,1H3. The van der Waals surface area contributed by atoms with Gasteiger partial charge in [-0.05, 0) is 37.1 Å². The summed E-state index contributed by atoms with van der Waals surface area (Å²) in [7, 11) is 0. The van der Waals surface area contributed by atoms with Crippen LogP contribution >= 0.6 is 0 Å². The summed E-state index contributed by atoms with van der Waals surface area (Å²) in [6, 6.07) is 9.70. The third-order valence-corrected chi connectivity index (χ3v) is 6.33. The van der Waals surface area contributed by atoms with E-state index in [-0.39, 0.29) is 17.9 Å². The fourth-order valence-corrected chi connectivity index (χ4v) is 4.74. The van der Waals surface area contributed by atoms with Gasteiger partial charge in [-0.25, -0.2) is 4.98 Å². The van der Waals surface area contributed by atoms with E-state index >= 15 is 0 Å². The molecule has 0 spiro atoms. The molecule has 8 heteroatoms. The largest absolute Gasteiger partial charge is 0.368 e. The fourth-order valence-electron chi connectivity index (χ4n) is 4.74. The molecule has 0 bridgehead atoms. The Morgan fingerprint density at radius 2 is 1.77 bits per heavy atom. The number of anilines is 1. The van der Waals surface area contributed by atoms with Crippen molar-refractivity contribution < 1.29 is 9.59 Å². The van der Waals surface area contributed by atoms with E-state index in [4.69, 9.17) is 4.98 Å². The first-order chi connectivity index (χ1) is 15.1. The Kier molecular flexibility index (Phi) is 5.05. The van der Waals surface area contributed by atoms with E-state index in [2.05, 4.69) is 9.88 Å². The second-order valence-corrected chi connectivity index (χ2v) is 8.13. The Bertz CT molecular complexity index is 1100. The van der Waals surface area contributed by atoms with Gasteiger partial charge in [0, 0.05) is 63.9 Å². The van der Waals surface area contributed by atoms with Crippen LogP contribution in [-0.4, -0.2) is 68.7 Å². The maximum atomic E-state index is 13.4. The van der Waals surface area contributed by atoms with Crippen LogP contribution in [0, 0.1) is 0 Å². The number of amides is 2. The highest BCUT2D eigenvalue weighted by Crippen LogP contribution is 2.33. The van der Waals surface area contributed by atoms with Gasteiger partial charge in [-0.2, -0.15) is 0 Å². The number of pyridine rings is 2. The van der Waals surface area contributed by atoms with E-state index < -0.39 is 0 Å². The van der Waals surface area contributed by atoms with E-state index in [9.17, 15) is 9.59 Å². The summed E-state index contributed by atoms with van der Waals surface area (Å²) in [5.74, 6) is 0.786. The minimum absolute atomic E-state index is 0.0447. The number of carbonyl (C=O) groups is 2. The number of hydrogen-bond donors (Lipinski definition) is 0. The highest BCUT2D eigenvalue weighted by molar-refractivity contribution is 5.99. The van der Waals surface area contributed by atoms with Crippen LogP contribution in [0.15, 0.2) is 48.9 Å². The number of rotatable bonds is 3. The maximum absolute atomic E-state index is 13.4. The monoisotopic (exact) mass is 418 g/mol. The van der Waals surface area contributed by atoms with Gasteiger partial charge in [-0.1, -0.05) is 6.07 Å². The predicted molar refractivity (Wildman–Crippen MR) is 117 cm³/mol. The van der Waals surface area contributed by atoms with Gasteiger partial charge < -0.3 is 19.1 Å². The lowest BCUT2D eigenvalue weighted by Gasteiger charge is -2.35. The number of nitrogens with zero attached hydrogens (tertiary/aromatic N) is 6. The molecule has 0 saturated carbocycles. The number of fused-ring (bicyclic) bond motifs is 1. The van der Waals surface area contributed by atoms with Crippen molar-refractivity contribution in [1.29, 1.82) is 0 Å². The third-order valence-electron chi connectivity index (χ3n) is 6.33. The molecule has 2 fully saturated rings. The third kappa shape index (κ3) is 3.52. The zero-order valence-electron chi connectivity index (χ0n) is 17.6. The van der Waals surface area contributed by atoms with Gasteiger partial charge in [0.15, 0.2) is 5.69 Å². The van der Waals surface area contributed by atoms with Crippen LogP contribution < -0.4 is 4.90 Å². The average molecular weight is 419 g/mol. The molecular weight excluding hydrogens is 392 g/mol. The normalized spacial score (nSPS) is 19.3. The molecule has 2 amide bonds. The topological polar surface area (TPSA) is 74.1 Å². The van der Waals surface area contributed by atoms with Gasteiger partial charge in [0.1, 0.15) is 5.82 Å². The molecule has 3 aromatic rings. The SMILES string of the molecule is CC(=O)N1CCCC1c1nc(C(=O)N2CCN(c3ccncc3)CC2)c2ccccn12. The Hall–Kier alpha value is -3.42. The van der Waals surface area contributed by atoms with Crippen molar-refractivity contribution in [2.75, 3.05) is 37.6 Å². The molecule has 31 heavy (non-hydrogen) atoms. The summed E-state index contributed by atoms with van der Waals surface area (Å²) >= 11 is 0. The molecule has 1 atom stereocenters. The molecule has 3 aromatic heterocycles. The average Bonchev–Trinajstić information content (AvgIpc) is 3.44. The van der Waals surface area contributed by atoms with Crippen LogP contribution in [0.5, 0.6) is 0 Å². The van der Waals surface area contributed by atoms with Crippen molar-refractivity contribution in [2.24, 2.45) is 0 Å². The Labute approximate surface area is 181 Å². The first-order valence-corrected chi connectivity index (χ1v) is 10.8. The molecule has 8 nitrogen and oxygen atoms in total. The first-order valence-electron chi connectivity index (χ1n) is 10.8. The molecule has 1 unspecified atom stereocenters. The molecule has 0 N–H and O–H groups in total. The summed E-state index contributed by atoms with van der Waals surface area (Å²) in [6.07, 6.45) is 7.34. The maximum Gasteiger partial charge on any atom is 0.274 e. The first kappa shape index (κ1) is 19.5. The fraction of sp³-hybridized carbons (Fsp3) is 0.391. The molecule has 5 heterocycles. The van der Waals surface area contributed by atoms with Gasteiger partial charge in [-0.3, -0.25) is 14.6 Å². The summed E-state index contributed by atoms with van der Waals surface area (Å²) in [6.45, 7) is 5.17. The van der Waals surface area contributed by atoms with Gasteiger partial charge in [0.05, 0.1) is 11.6 Å². The number of carbonyl (C=O) groups excluding carboxylic acids is 2. The van der Waals surface area contributed by atoms with Gasteiger partial charge in [0.25, 0.3) is 5.91 Å². The van der Waals surface area contributed by atoms with Crippen LogP contribution in [0.25, 0.3) is 5.52 Å². The molecule has 2 saturated heterocycles. The van der Waals surface area contributed by atoms with Crippen LogP contribution in [0.2, 0.25) is 0 Å². The summed E-state index contributed by atoms with van der Waals surface area (Å²) < 4.78 is 1.98. The summed E-state index contributed by atoms with van der Waals surface area (Å²) in [5, 5.41) is 0. The van der Waals surface area contributed by atoms with Gasteiger partial charge in [0.2, 0.25) is 5.91 Å². The van der Waals surface area contributed by atoms with Crippen LogP contribution in [-0.2, 0) is 4.79 Å². The zero-order chi connectivity index (χ0) is 21.4. The highest BCUT2D eigenvalue weighted by atomic mass is 16.2. The smallest absolute Gasteiger partial charge is 0.274 e. The number of imidazole rings is 1. The van der Waals surface area contributed by atoms with Crippen molar-refractivity contribution >= 4 is 23.0 Å². The van der Waals surface area contributed by atoms with E-state index in [0.717, 1.165) is 49.5 Å². The molecule has 2 aliphatic rings. The van der Waals surface area contributed by atoms with E-state index in [0.29, 0.717) is 18.8 Å². The lowest BCUT2D eigenvalue weighted by molar-refractivity contribution is -0.129. The molecule has 2 aliphatic heterocycles. The van der Waals surface area contributed by atoms with Gasteiger partial charge in [-0.15, -0.1) is 0 Å². The lowest BCUT2D eigenvalue weighted by Crippen LogP contribution is -2.49. The van der Waals surface area contributed by atoms with E-state index in [1.807, 2.05) is 50.7 Å². The quantitative estimate of drug-likeness (QED) is 0.653. The molecule has 0 aromatic carbocycles. The van der Waals surface area contributed by atoms with Crippen molar-refractivity contribution in [3.05, 3.63) is 60.4 Å². The van der Waals surface area contributed by atoms with Crippen LogP contribution in [0.4, 0.5) is 5.69 Å². The van der Waals surface area contributed by atoms with Crippen molar-refractivity contribution in [3.63, 3.8) is 0 Å². The second kappa shape index (κ2) is 8.02. The summed E-state index contributed by atoms with van der Waals surface area (Å²) in [5.41, 5.74) is 2.40. The molecule has 5 rings (SSSR count). The molecular formula is C23H26N6O2.